The van der Waals surface area contributed by atoms with Crippen molar-refractivity contribution in [3.05, 3.63) is 117 Å². The molecular formula is C35H35Cl2F3N2S2. The summed E-state index contributed by atoms with van der Waals surface area (Å²) < 4.78 is 42.9. The van der Waals surface area contributed by atoms with E-state index in [-0.39, 0.29) is 29.3 Å². The summed E-state index contributed by atoms with van der Waals surface area (Å²) in [6.07, 6.45) is 3.77. The molecule has 0 radical (unpaired) electrons. The van der Waals surface area contributed by atoms with Crippen molar-refractivity contribution in [2.45, 2.75) is 64.0 Å². The van der Waals surface area contributed by atoms with Crippen LogP contribution in [0.25, 0.3) is 0 Å². The van der Waals surface area contributed by atoms with Gasteiger partial charge in [-0.05, 0) is 131 Å². The Labute approximate surface area is 276 Å². The summed E-state index contributed by atoms with van der Waals surface area (Å²) in [6, 6.07) is 21.0. The molecule has 0 saturated carbocycles. The Hall–Kier alpha value is -2.13. The first-order chi connectivity index (χ1) is 21.3. The van der Waals surface area contributed by atoms with Crippen LogP contribution >= 0.6 is 46.7 Å². The van der Waals surface area contributed by atoms with Crippen molar-refractivity contribution < 1.29 is 13.2 Å². The lowest BCUT2D eigenvalue weighted by Crippen LogP contribution is -2.27. The molecule has 2 heterocycles. The Morgan fingerprint density at radius 3 is 1.59 bits per heavy atom. The second-order valence-corrected chi connectivity index (χ2v) is 14.1. The number of hydrogen-bond acceptors (Lipinski definition) is 4. The summed E-state index contributed by atoms with van der Waals surface area (Å²) in [5, 5.41) is 7.82. The van der Waals surface area contributed by atoms with E-state index in [9.17, 15) is 13.2 Å². The molecule has 232 valence electrons. The van der Waals surface area contributed by atoms with E-state index in [0.29, 0.717) is 14.9 Å². The number of benzene rings is 4. The van der Waals surface area contributed by atoms with E-state index in [1.807, 2.05) is 31.2 Å². The van der Waals surface area contributed by atoms with Crippen LogP contribution in [-0.4, -0.2) is 26.2 Å². The summed E-state index contributed by atoms with van der Waals surface area (Å²) in [5.74, 6) is -0.0774. The second-order valence-electron chi connectivity index (χ2n) is 11.1. The van der Waals surface area contributed by atoms with Gasteiger partial charge in [0.1, 0.15) is 17.5 Å². The molecule has 2 nitrogen and oxygen atoms in total. The average Bonchev–Trinajstić information content (AvgIpc) is 3.01. The summed E-state index contributed by atoms with van der Waals surface area (Å²) in [5.41, 5.74) is 2.45. The molecule has 0 aliphatic carbocycles. The second kappa shape index (κ2) is 15.9. The number of hydrogen-bond donors (Lipinski definition) is 2. The Kier molecular flexibility index (Phi) is 12.0. The Bertz CT molecular complexity index is 1460. The topological polar surface area (TPSA) is 24.1 Å². The SMILES string of the molecule is Cc1ccc(Sc2cccc(F)c2C2CCNCC2)c(F)c1.Fc1cccc(Sc2ccc(Cl)cc2Cl)c1C1CCNCC1. The largest absolute Gasteiger partial charge is 0.317 e. The van der Waals surface area contributed by atoms with E-state index in [1.165, 1.54) is 35.7 Å². The third-order valence-corrected chi connectivity index (χ3v) is 10.9. The fourth-order valence-corrected chi connectivity index (χ4v) is 8.33. The van der Waals surface area contributed by atoms with Crippen molar-refractivity contribution in [3.63, 3.8) is 0 Å². The highest BCUT2D eigenvalue weighted by Gasteiger charge is 2.24. The number of piperidine rings is 2. The number of halogens is 5. The van der Waals surface area contributed by atoms with E-state index >= 15 is 0 Å². The minimum absolute atomic E-state index is 0.123. The lowest BCUT2D eigenvalue weighted by molar-refractivity contribution is 0.439. The van der Waals surface area contributed by atoms with Crippen molar-refractivity contribution in [1.82, 2.24) is 10.6 Å². The van der Waals surface area contributed by atoms with E-state index in [0.717, 1.165) is 83.2 Å². The maximum atomic E-state index is 14.4. The number of rotatable bonds is 6. The van der Waals surface area contributed by atoms with Crippen LogP contribution in [0.2, 0.25) is 10.0 Å². The lowest BCUT2D eigenvalue weighted by Gasteiger charge is -2.25. The molecule has 2 aliphatic rings. The van der Waals surface area contributed by atoms with Crippen LogP contribution in [-0.2, 0) is 0 Å². The van der Waals surface area contributed by atoms with Crippen LogP contribution in [0.4, 0.5) is 13.2 Å². The minimum atomic E-state index is -0.245. The van der Waals surface area contributed by atoms with Crippen LogP contribution in [0.5, 0.6) is 0 Å². The fourth-order valence-electron chi connectivity index (χ4n) is 5.71. The van der Waals surface area contributed by atoms with Gasteiger partial charge in [0.15, 0.2) is 0 Å². The first kappa shape index (κ1) is 33.2. The molecule has 2 saturated heterocycles. The summed E-state index contributed by atoms with van der Waals surface area (Å²) in [6.45, 7) is 5.54. The van der Waals surface area contributed by atoms with Crippen LogP contribution in [0.3, 0.4) is 0 Å². The van der Waals surface area contributed by atoms with Crippen molar-refractivity contribution in [2.24, 2.45) is 0 Å². The molecule has 4 aromatic rings. The Balaban J connectivity index is 0.000000175. The summed E-state index contributed by atoms with van der Waals surface area (Å²) in [7, 11) is 0. The summed E-state index contributed by atoms with van der Waals surface area (Å²) in [4.78, 5) is 3.21. The van der Waals surface area contributed by atoms with Crippen LogP contribution < -0.4 is 10.6 Å². The zero-order chi connectivity index (χ0) is 31.1. The maximum Gasteiger partial charge on any atom is 0.137 e. The maximum absolute atomic E-state index is 14.4. The first-order valence-corrected chi connectivity index (χ1v) is 17.2. The molecule has 2 N–H and O–H groups in total. The van der Waals surface area contributed by atoms with Gasteiger partial charge in [-0.1, -0.05) is 64.9 Å². The fraction of sp³-hybridized carbons (Fsp3) is 0.314. The monoisotopic (exact) mass is 674 g/mol. The highest BCUT2D eigenvalue weighted by atomic mass is 35.5. The molecule has 9 heteroatoms. The highest BCUT2D eigenvalue weighted by Crippen LogP contribution is 2.42. The third kappa shape index (κ3) is 8.56. The van der Waals surface area contributed by atoms with Gasteiger partial charge in [-0.2, -0.15) is 0 Å². The molecule has 0 amide bonds. The average molecular weight is 676 g/mol. The molecule has 2 fully saturated rings. The molecule has 2 aliphatic heterocycles. The number of aryl methyl sites for hydroxylation is 1. The first-order valence-electron chi connectivity index (χ1n) is 14.9. The van der Waals surface area contributed by atoms with Crippen LogP contribution in [0.1, 0.15) is 54.2 Å². The molecular weight excluding hydrogens is 640 g/mol. The quantitative estimate of drug-likeness (QED) is 0.212. The standard InChI is InChI=1S/C18H19F2NS.C17H16Cl2FNS/c1-12-5-6-16(15(20)11-12)22-17-4-2-3-14(19)18(17)13-7-9-21-10-8-13;18-12-4-5-15(13(19)10-12)22-16-3-1-2-14(20)17(16)11-6-8-21-9-7-11/h2-6,11,13,21H,7-10H2,1H3;1-5,10-11,21H,6-9H2. The zero-order valence-electron chi connectivity index (χ0n) is 24.4. The van der Waals surface area contributed by atoms with Gasteiger partial charge >= 0.3 is 0 Å². The number of nitrogens with one attached hydrogen (secondary N) is 2. The van der Waals surface area contributed by atoms with Crippen molar-refractivity contribution in [1.29, 1.82) is 0 Å². The van der Waals surface area contributed by atoms with Gasteiger partial charge in [0.25, 0.3) is 0 Å². The molecule has 6 rings (SSSR count). The van der Waals surface area contributed by atoms with Gasteiger partial charge < -0.3 is 10.6 Å². The van der Waals surface area contributed by atoms with Crippen molar-refractivity contribution >= 4 is 46.7 Å². The molecule has 0 unspecified atom stereocenters. The predicted octanol–water partition coefficient (Wildman–Crippen LogP) is 10.6. The molecule has 4 aromatic carbocycles. The lowest BCUT2D eigenvalue weighted by atomic mass is 9.90. The normalized spacial score (nSPS) is 16.0. The zero-order valence-corrected chi connectivity index (χ0v) is 27.6. The molecule has 0 spiro atoms. The molecule has 0 atom stereocenters. The van der Waals surface area contributed by atoms with E-state index in [4.69, 9.17) is 23.2 Å². The van der Waals surface area contributed by atoms with Gasteiger partial charge in [-0.3, -0.25) is 0 Å². The summed E-state index contributed by atoms with van der Waals surface area (Å²) >= 11 is 15.0. The molecule has 0 bridgehead atoms. The van der Waals surface area contributed by atoms with Gasteiger partial charge in [0, 0.05) is 35.7 Å². The smallest absolute Gasteiger partial charge is 0.137 e. The third-order valence-electron chi connectivity index (χ3n) is 7.94. The van der Waals surface area contributed by atoms with Crippen molar-refractivity contribution in [2.75, 3.05) is 26.2 Å². The minimum Gasteiger partial charge on any atom is -0.317 e. The predicted molar refractivity (Wildman–Crippen MR) is 178 cm³/mol. The molecule has 44 heavy (non-hydrogen) atoms. The Morgan fingerprint density at radius 1 is 0.591 bits per heavy atom. The van der Waals surface area contributed by atoms with Gasteiger partial charge in [0.2, 0.25) is 0 Å². The van der Waals surface area contributed by atoms with Gasteiger partial charge in [-0.25, -0.2) is 13.2 Å². The van der Waals surface area contributed by atoms with Crippen LogP contribution in [0, 0.1) is 24.4 Å². The van der Waals surface area contributed by atoms with Crippen molar-refractivity contribution in [3.8, 4) is 0 Å². The van der Waals surface area contributed by atoms with E-state index in [2.05, 4.69) is 10.6 Å². The van der Waals surface area contributed by atoms with E-state index in [1.54, 1.807) is 36.4 Å². The van der Waals surface area contributed by atoms with Crippen LogP contribution in [0.15, 0.2) is 92.4 Å². The Morgan fingerprint density at radius 2 is 1.09 bits per heavy atom. The highest BCUT2D eigenvalue weighted by molar-refractivity contribution is 7.99. The van der Waals surface area contributed by atoms with Gasteiger partial charge in [-0.15, -0.1) is 0 Å². The van der Waals surface area contributed by atoms with Gasteiger partial charge in [0.05, 0.1) is 5.02 Å². The molecule has 0 aromatic heterocycles. The van der Waals surface area contributed by atoms with E-state index < -0.39 is 0 Å².